The number of rotatable bonds is 37. The van der Waals surface area contributed by atoms with Gasteiger partial charge in [0.1, 0.15) is 6.61 Å². The van der Waals surface area contributed by atoms with E-state index in [1.807, 2.05) is 6.08 Å². The SMILES string of the molecule is CCCCCC=CCC=CCC1OC1CC=CCCCC(=O)OC(COC(=O)CCCCCCCCCCCCCCC)COP(=O)(O)OCCN. The molecule has 1 heterocycles. The third-order valence-corrected chi connectivity index (χ3v) is 9.92. The third-order valence-electron chi connectivity index (χ3n) is 8.93. The summed E-state index contributed by atoms with van der Waals surface area (Å²) in [7, 11) is -4.39. The number of esters is 2. The van der Waals surface area contributed by atoms with Crippen LogP contribution in [0.3, 0.4) is 0 Å². The van der Waals surface area contributed by atoms with Crippen molar-refractivity contribution in [3.63, 3.8) is 0 Å². The van der Waals surface area contributed by atoms with Crippen molar-refractivity contribution in [3.05, 3.63) is 36.5 Å². The Labute approximate surface area is 316 Å². The van der Waals surface area contributed by atoms with Gasteiger partial charge < -0.3 is 24.8 Å². The number of phosphoric ester groups is 1. The highest BCUT2D eigenvalue weighted by molar-refractivity contribution is 7.47. The molecule has 0 radical (unpaired) electrons. The monoisotopic (exact) mass is 756 g/mol. The maximum atomic E-state index is 12.6. The number of epoxide rings is 1. The Bertz CT molecular complexity index is 1020. The summed E-state index contributed by atoms with van der Waals surface area (Å²) in [5.41, 5.74) is 5.34. The quantitative estimate of drug-likeness (QED) is 0.0206. The van der Waals surface area contributed by atoms with E-state index in [0.717, 1.165) is 44.9 Å². The summed E-state index contributed by atoms with van der Waals surface area (Å²) in [4.78, 5) is 34.8. The first-order valence-electron chi connectivity index (χ1n) is 20.6. The lowest BCUT2D eigenvalue weighted by molar-refractivity contribution is -0.161. The van der Waals surface area contributed by atoms with Gasteiger partial charge in [-0.25, -0.2) is 4.57 Å². The van der Waals surface area contributed by atoms with Crippen LogP contribution in [0, 0.1) is 0 Å². The van der Waals surface area contributed by atoms with E-state index < -0.39 is 32.5 Å². The van der Waals surface area contributed by atoms with Gasteiger partial charge in [-0.3, -0.25) is 18.6 Å². The average Bonchev–Trinajstić information content (AvgIpc) is 3.89. The number of carbonyl (C=O) groups excluding carboxylic acids is 2. The molecule has 0 aromatic rings. The van der Waals surface area contributed by atoms with Crippen molar-refractivity contribution in [2.24, 2.45) is 5.73 Å². The molecule has 0 aliphatic carbocycles. The van der Waals surface area contributed by atoms with Crippen molar-refractivity contribution in [3.8, 4) is 0 Å². The Morgan fingerprint density at radius 2 is 1.19 bits per heavy atom. The molecule has 1 fully saturated rings. The lowest BCUT2D eigenvalue weighted by Gasteiger charge is -2.19. The summed E-state index contributed by atoms with van der Waals surface area (Å²) in [6.07, 6.45) is 37.7. The zero-order chi connectivity index (χ0) is 38.0. The van der Waals surface area contributed by atoms with Crippen molar-refractivity contribution >= 4 is 19.8 Å². The van der Waals surface area contributed by atoms with E-state index in [9.17, 15) is 19.0 Å². The molecule has 302 valence electrons. The van der Waals surface area contributed by atoms with Crippen LogP contribution in [0.1, 0.15) is 168 Å². The molecule has 0 aromatic heterocycles. The summed E-state index contributed by atoms with van der Waals surface area (Å²) in [6.45, 7) is 3.62. The molecule has 0 amide bonds. The molecule has 1 saturated heterocycles. The number of hydrogen-bond acceptors (Lipinski definition) is 9. The Hall–Kier alpha value is -1.81. The van der Waals surface area contributed by atoms with Gasteiger partial charge in [-0.1, -0.05) is 140 Å². The topological polar surface area (TPSA) is 147 Å². The van der Waals surface area contributed by atoms with Crippen LogP contribution in [0.15, 0.2) is 36.5 Å². The highest BCUT2D eigenvalue weighted by Gasteiger charge is 2.36. The molecule has 0 saturated carbocycles. The van der Waals surface area contributed by atoms with Crippen LogP contribution in [0.2, 0.25) is 0 Å². The standard InChI is InChI=1S/C41H74NO9P/c1-3-5-7-9-11-13-14-15-16-18-20-22-27-31-40(43)47-35-37(36-49-52(45,46)48-34-33-42)50-41(44)32-28-24-23-26-30-39-38(51-39)29-25-21-19-17-12-10-8-6-4-2/h12,17,21,23,25-26,37-39H,3-11,13-16,18-20,22,24,27-36,42H2,1-2H3,(H,45,46). The van der Waals surface area contributed by atoms with Gasteiger partial charge in [0.25, 0.3) is 0 Å². The molecule has 1 aliphatic rings. The van der Waals surface area contributed by atoms with Crippen molar-refractivity contribution < 1.29 is 42.3 Å². The maximum Gasteiger partial charge on any atom is 0.472 e. The summed E-state index contributed by atoms with van der Waals surface area (Å²) < 4.78 is 38.4. The van der Waals surface area contributed by atoms with Crippen molar-refractivity contribution in [2.75, 3.05) is 26.4 Å². The molecule has 10 nitrogen and oxygen atoms in total. The van der Waals surface area contributed by atoms with E-state index in [4.69, 9.17) is 29.0 Å². The third kappa shape index (κ3) is 30.6. The van der Waals surface area contributed by atoms with Gasteiger partial charge in [-0.05, 0) is 51.4 Å². The molecule has 0 bridgehead atoms. The Morgan fingerprint density at radius 1 is 0.673 bits per heavy atom. The van der Waals surface area contributed by atoms with E-state index in [0.29, 0.717) is 12.8 Å². The number of nitrogens with two attached hydrogens (primary N) is 1. The molecule has 52 heavy (non-hydrogen) atoms. The first kappa shape index (κ1) is 48.2. The van der Waals surface area contributed by atoms with Crippen molar-refractivity contribution in [2.45, 2.75) is 186 Å². The Morgan fingerprint density at radius 3 is 1.83 bits per heavy atom. The van der Waals surface area contributed by atoms with Crippen LogP contribution in [0.5, 0.6) is 0 Å². The summed E-state index contributed by atoms with van der Waals surface area (Å²) >= 11 is 0. The van der Waals surface area contributed by atoms with E-state index >= 15 is 0 Å². The normalized spacial score (nSPS) is 17.6. The second kappa shape index (κ2) is 33.7. The predicted molar refractivity (Wildman–Crippen MR) is 210 cm³/mol. The van der Waals surface area contributed by atoms with E-state index in [1.165, 1.54) is 83.5 Å². The molecule has 3 N–H and O–H groups in total. The number of allylic oxidation sites excluding steroid dienone is 4. The van der Waals surface area contributed by atoms with Gasteiger partial charge in [0.15, 0.2) is 6.10 Å². The molecular weight excluding hydrogens is 681 g/mol. The molecule has 1 aliphatic heterocycles. The van der Waals surface area contributed by atoms with Crippen molar-refractivity contribution in [1.29, 1.82) is 0 Å². The van der Waals surface area contributed by atoms with E-state index in [2.05, 4.69) is 44.2 Å². The first-order chi connectivity index (χ1) is 25.3. The highest BCUT2D eigenvalue weighted by Crippen LogP contribution is 2.43. The van der Waals surface area contributed by atoms with E-state index in [1.54, 1.807) is 0 Å². The minimum absolute atomic E-state index is 0.0422. The van der Waals surface area contributed by atoms with Gasteiger partial charge in [0.2, 0.25) is 0 Å². The van der Waals surface area contributed by atoms with Crippen LogP contribution in [0.4, 0.5) is 0 Å². The highest BCUT2D eigenvalue weighted by atomic mass is 31.2. The second-order valence-electron chi connectivity index (χ2n) is 13.9. The fourth-order valence-corrected chi connectivity index (χ4v) is 6.49. The molecule has 1 rings (SSSR count). The molecular formula is C41H74NO9P. The van der Waals surface area contributed by atoms with Gasteiger partial charge >= 0.3 is 19.8 Å². The second-order valence-corrected chi connectivity index (χ2v) is 15.3. The predicted octanol–water partition coefficient (Wildman–Crippen LogP) is 10.4. The molecule has 4 atom stereocenters. The van der Waals surface area contributed by atoms with E-state index in [-0.39, 0.29) is 44.8 Å². The Balaban J connectivity index is 2.25. The average molecular weight is 756 g/mol. The van der Waals surface area contributed by atoms with Crippen LogP contribution >= 0.6 is 7.82 Å². The van der Waals surface area contributed by atoms with Crippen LogP contribution in [-0.2, 0) is 37.4 Å². The van der Waals surface area contributed by atoms with Crippen LogP contribution in [0.25, 0.3) is 0 Å². The zero-order valence-corrected chi connectivity index (χ0v) is 33.6. The number of hydrogen-bond donors (Lipinski definition) is 2. The van der Waals surface area contributed by atoms with Crippen molar-refractivity contribution in [1.82, 2.24) is 0 Å². The van der Waals surface area contributed by atoms with Gasteiger partial charge in [0, 0.05) is 19.4 Å². The number of carbonyl (C=O) groups is 2. The summed E-state index contributed by atoms with van der Waals surface area (Å²) in [5.74, 6) is -0.901. The lowest BCUT2D eigenvalue weighted by Crippen LogP contribution is -2.29. The minimum atomic E-state index is -4.39. The first-order valence-corrected chi connectivity index (χ1v) is 22.1. The fraction of sp³-hybridized carbons (Fsp3) is 0.805. The smallest absolute Gasteiger partial charge is 0.462 e. The van der Waals surface area contributed by atoms with Gasteiger partial charge in [-0.2, -0.15) is 0 Å². The molecule has 11 heteroatoms. The largest absolute Gasteiger partial charge is 0.472 e. The molecule has 4 unspecified atom stereocenters. The number of ether oxygens (including phenoxy) is 3. The lowest BCUT2D eigenvalue weighted by atomic mass is 10.0. The number of phosphoric acid groups is 1. The summed E-state index contributed by atoms with van der Waals surface area (Å²) in [6, 6.07) is 0. The Kier molecular flexibility index (Phi) is 31.3. The van der Waals surface area contributed by atoms with Gasteiger partial charge in [-0.15, -0.1) is 0 Å². The molecule has 0 spiro atoms. The molecule has 0 aromatic carbocycles. The van der Waals surface area contributed by atoms with Crippen LogP contribution < -0.4 is 5.73 Å². The zero-order valence-electron chi connectivity index (χ0n) is 32.7. The maximum absolute atomic E-state index is 12.6. The fourth-order valence-electron chi connectivity index (χ4n) is 5.73. The minimum Gasteiger partial charge on any atom is -0.462 e. The summed E-state index contributed by atoms with van der Waals surface area (Å²) in [5, 5.41) is 0. The number of unbranched alkanes of at least 4 members (excludes halogenated alkanes) is 16. The van der Waals surface area contributed by atoms with Gasteiger partial charge in [0.05, 0.1) is 25.4 Å². The van der Waals surface area contributed by atoms with Crippen LogP contribution in [-0.4, -0.2) is 61.5 Å².